The summed E-state index contributed by atoms with van der Waals surface area (Å²) < 4.78 is 0. The molecule has 1 saturated heterocycles. The Morgan fingerprint density at radius 3 is 2.67 bits per heavy atom. The summed E-state index contributed by atoms with van der Waals surface area (Å²) >= 11 is 1.98. The maximum atomic E-state index is 10.6. The van der Waals surface area contributed by atoms with Crippen molar-refractivity contribution in [1.82, 2.24) is 4.90 Å². The van der Waals surface area contributed by atoms with Gasteiger partial charge < -0.3 is 5.73 Å². The van der Waals surface area contributed by atoms with Crippen LogP contribution < -0.4 is 5.73 Å². The van der Waals surface area contributed by atoms with Gasteiger partial charge in [-0.05, 0) is 6.92 Å². The predicted octanol–water partition coefficient (Wildman–Crippen LogP) is 0.299. The van der Waals surface area contributed by atoms with E-state index in [4.69, 9.17) is 5.73 Å². The summed E-state index contributed by atoms with van der Waals surface area (Å²) in [6.45, 7) is 4.26. The van der Waals surface area contributed by atoms with Crippen molar-refractivity contribution in [2.45, 2.75) is 19.4 Å². The van der Waals surface area contributed by atoms with Gasteiger partial charge in [0.15, 0.2) is 0 Å². The molecule has 1 aliphatic rings. The maximum Gasteiger partial charge on any atom is 0.218 e. The summed E-state index contributed by atoms with van der Waals surface area (Å²) in [6, 6.07) is 0.323. The molecule has 1 amide bonds. The minimum absolute atomic E-state index is 0.194. The number of hydrogen-bond donors (Lipinski definition) is 1. The Bertz CT molecular complexity index is 157. The van der Waals surface area contributed by atoms with Gasteiger partial charge >= 0.3 is 0 Å². The van der Waals surface area contributed by atoms with Crippen molar-refractivity contribution in [2.75, 3.05) is 24.6 Å². The molecule has 0 aromatic rings. The molecule has 70 valence electrons. The highest BCUT2D eigenvalue weighted by Gasteiger charge is 2.17. The second kappa shape index (κ2) is 4.72. The number of primary amides is 1. The van der Waals surface area contributed by atoms with Crippen LogP contribution in [0.15, 0.2) is 0 Å². The number of amides is 1. The number of carbonyl (C=O) groups is 1. The topological polar surface area (TPSA) is 46.3 Å². The van der Waals surface area contributed by atoms with Crippen LogP contribution in [0.1, 0.15) is 13.3 Å². The van der Waals surface area contributed by atoms with Gasteiger partial charge in [0.05, 0.1) is 0 Å². The Morgan fingerprint density at radius 2 is 2.17 bits per heavy atom. The van der Waals surface area contributed by atoms with Gasteiger partial charge in [-0.25, -0.2) is 0 Å². The van der Waals surface area contributed by atoms with E-state index < -0.39 is 0 Å². The Labute approximate surface area is 77.7 Å². The van der Waals surface area contributed by atoms with Crippen LogP contribution in [0, 0.1) is 0 Å². The number of nitrogens with two attached hydrogens (primary N) is 1. The van der Waals surface area contributed by atoms with Crippen LogP contribution in [0.4, 0.5) is 0 Å². The van der Waals surface area contributed by atoms with Crippen LogP contribution in [0.3, 0.4) is 0 Å². The predicted molar refractivity (Wildman–Crippen MR) is 52.2 cm³/mol. The number of hydrogen-bond acceptors (Lipinski definition) is 3. The number of thioether (sulfide) groups is 1. The minimum atomic E-state index is -0.194. The van der Waals surface area contributed by atoms with Crippen LogP contribution in [-0.2, 0) is 4.79 Å². The Hall–Kier alpha value is -0.220. The number of nitrogens with zero attached hydrogens (tertiary/aromatic N) is 1. The zero-order chi connectivity index (χ0) is 8.97. The Balaban J connectivity index is 2.29. The van der Waals surface area contributed by atoms with Crippen molar-refractivity contribution < 1.29 is 4.79 Å². The van der Waals surface area contributed by atoms with E-state index in [0.717, 1.165) is 13.1 Å². The molecule has 1 rings (SSSR count). The molecule has 3 nitrogen and oxygen atoms in total. The van der Waals surface area contributed by atoms with Crippen molar-refractivity contribution in [1.29, 1.82) is 0 Å². The maximum absolute atomic E-state index is 10.6. The Kier molecular flexibility index (Phi) is 3.88. The van der Waals surface area contributed by atoms with Gasteiger partial charge in [-0.15, -0.1) is 0 Å². The zero-order valence-electron chi connectivity index (χ0n) is 7.45. The molecule has 1 heterocycles. The van der Waals surface area contributed by atoms with Crippen molar-refractivity contribution in [3.05, 3.63) is 0 Å². The third kappa shape index (κ3) is 3.03. The lowest BCUT2D eigenvalue weighted by molar-refractivity contribution is -0.119. The standard InChI is InChI=1S/C8H16N2OS/c1-7(6-8(9)11)10-2-4-12-5-3-10/h7H,2-6H2,1H3,(H2,9,11). The van der Waals surface area contributed by atoms with Crippen LogP contribution >= 0.6 is 11.8 Å². The first kappa shape index (κ1) is 9.86. The van der Waals surface area contributed by atoms with Crippen molar-refractivity contribution in [3.63, 3.8) is 0 Å². The van der Waals surface area contributed by atoms with Crippen LogP contribution in [0.25, 0.3) is 0 Å². The second-order valence-corrected chi connectivity index (χ2v) is 4.39. The average Bonchev–Trinajstić information content (AvgIpc) is 2.05. The molecule has 0 aromatic carbocycles. The second-order valence-electron chi connectivity index (χ2n) is 3.17. The van der Waals surface area contributed by atoms with Crippen molar-refractivity contribution in [2.24, 2.45) is 5.73 Å². The fourth-order valence-corrected chi connectivity index (χ4v) is 2.37. The molecule has 4 heteroatoms. The van der Waals surface area contributed by atoms with E-state index in [1.54, 1.807) is 0 Å². The van der Waals surface area contributed by atoms with E-state index in [2.05, 4.69) is 11.8 Å². The molecule has 0 spiro atoms. The smallest absolute Gasteiger partial charge is 0.218 e. The molecule has 1 aliphatic heterocycles. The largest absolute Gasteiger partial charge is 0.370 e. The highest BCUT2D eigenvalue weighted by Crippen LogP contribution is 2.13. The normalized spacial score (nSPS) is 22.1. The molecule has 2 N–H and O–H groups in total. The van der Waals surface area contributed by atoms with E-state index in [-0.39, 0.29) is 5.91 Å². The molecule has 1 unspecified atom stereocenters. The number of carbonyl (C=O) groups excluding carboxylic acids is 1. The molecule has 0 aliphatic carbocycles. The lowest BCUT2D eigenvalue weighted by Gasteiger charge is -2.31. The lowest BCUT2D eigenvalue weighted by atomic mass is 10.2. The summed E-state index contributed by atoms with van der Waals surface area (Å²) in [5, 5.41) is 0. The first-order chi connectivity index (χ1) is 5.70. The fourth-order valence-electron chi connectivity index (χ4n) is 1.44. The molecule has 0 saturated carbocycles. The number of rotatable bonds is 3. The average molecular weight is 188 g/mol. The Morgan fingerprint density at radius 1 is 1.58 bits per heavy atom. The molecule has 0 bridgehead atoms. The molecule has 12 heavy (non-hydrogen) atoms. The molecule has 1 fully saturated rings. The van der Waals surface area contributed by atoms with E-state index in [9.17, 15) is 4.79 Å². The summed E-state index contributed by atoms with van der Waals surface area (Å²) in [7, 11) is 0. The van der Waals surface area contributed by atoms with Crippen LogP contribution in [0.2, 0.25) is 0 Å². The van der Waals surface area contributed by atoms with Crippen molar-refractivity contribution in [3.8, 4) is 0 Å². The molecule has 0 aromatic heterocycles. The molecular weight excluding hydrogens is 172 g/mol. The minimum Gasteiger partial charge on any atom is -0.370 e. The highest BCUT2D eigenvalue weighted by molar-refractivity contribution is 7.99. The van der Waals surface area contributed by atoms with Gasteiger partial charge in [0, 0.05) is 37.1 Å². The van der Waals surface area contributed by atoms with Gasteiger partial charge in [-0.1, -0.05) is 0 Å². The van der Waals surface area contributed by atoms with Gasteiger partial charge in [-0.3, -0.25) is 9.69 Å². The first-order valence-corrected chi connectivity index (χ1v) is 5.45. The SMILES string of the molecule is CC(CC(N)=O)N1CCSCC1. The fraction of sp³-hybridized carbons (Fsp3) is 0.875. The first-order valence-electron chi connectivity index (χ1n) is 4.30. The summed E-state index contributed by atoms with van der Waals surface area (Å²) in [5.74, 6) is 2.17. The highest BCUT2D eigenvalue weighted by atomic mass is 32.2. The van der Waals surface area contributed by atoms with Crippen molar-refractivity contribution >= 4 is 17.7 Å². The van der Waals surface area contributed by atoms with Gasteiger partial charge in [0.2, 0.25) is 5.91 Å². The van der Waals surface area contributed by atoms with Gasteiger partial charge in [-0.2, -0.15) is 11.8 Å². The molecular formula is C8H16N2OS. The third-order valence-electron chi connectivity index (χ3n) is 2.17. The quantitative estimate of drug-likeness (QED) is 0.693. The lowest BCUT2D eigenvalue weighted by Crippen LogP contribution is -2.41. The summed E-state index contributed by atoms with van der Waals surface area (Å²) in [6.07, 6.45) is 0.491. The molecule has 1 atom stereocenters. The summed E-state index contributed by atoms with van der Waals surface area (Å²) in [4.78, 5) is 13.0. The van der Waals surface area contributed by atoms with Gasteiger partial charge in [0.25, 0.3) is 0 Å². The summed E-state index contributed by atoms with van der Waals surface area (Å²) in [5.41, 5.74) is 5.13. The third-order valence-corrected chi connectivity index (χ3v) is 3.11. The zero-order valence-corrected chi connectivity index (χ0v) is 8.27. The van der Waals surface area contributed by atoms with Gasteiger partial charge in [0.1, 0.15) is 0 Å². The van der Waals surface area contributed by atoms with E-state index in [1.807, 2.05) is 11.8 Å². The monoisotopic (exact) mass is 188 g/mol. The van der Waals surface area contributed by atoms with E-state index >= 15 is 0 Å². The molecule has 0 radical (unpaired) electrons. The van der Waals surface area contributed by atoms with Crippen LogP contribution in [0.5, 0.6) is 0 Å². The van der Waals surface area contributed by atoms with Crippen LogP contribution in [-0.4, -0.2) is 41.4 Å². The van der Waals surface area contributed by atoms with E-state index in [0.29, 0.717) is 12.5 Å². The van der Waals surface area contributed by atoms with E-state index in [1.165, 1.54) is 11.5 Å².